The van der Waals surface area contributed by atoms with Gasteiger partial charge in [0.1, 0.15) is 23.0 Å². The van der Waals surface area contributed by atoms with Crippen molar-refractivity contribution in [3.8, 4) is 34.1 Å². The average Bonchev–Trinajstić information content (AvgIpc) is 3.07. The van der Waals surface area contributed by atoms with Gasteiger partial charge in [-0.1, -0.05) is 72.8 Å². The Kier molecular flexibility index (Phi) is 9.24. The van der Waals surface area contributed by atoms with Crippen molar-refractivity contribution in [1.29, 1.82) is 0 Å². The molecule has 4 N–H and O–H groups in total. The van der Waals surface area contributed by atoms with Crippen molar-refractivity contribution in [1.82, 2.24) is 0 Å². The standard InChI is InChI=1S/C46H46O4/c1-25-21-41(47)29(5)17-37(25)45(38-18-30(6)42(48)22-26(38)2)35-13-9-33(10-14-35)34-11-15-36(16-12-34)46(39-19-31(7)43(49)23-27(39)3)40-20-32(8)44(50)24-28(40)4/h9-24,45-50H,1-8H3. The summed E-state index contributed by atoms with van der Waals surface area (Å²) in [5.74, 6) is 0.985. The predicted octanol–water partition coefficient (Wildman–Crippen LogP) is 11.0. The van der Waals surface area contributed by atoms with E-state index in [1.807, 2.05) is 79.7 Å². The van der Waals surface area contributed by atoms with Gasteiger partial charge in [0.15, 0.2) is 0 Å². The van der Waals surface area contributed by atoms with Crippen molar-refractivity contribution >= 4 is 0 Å². The molecule has 0 saturated carbocycles. The second kappa shape index (κ2) is 13.4. The molecule has 0 aromatic heterocycles. The number of phenols is 4. The first-order chi connectivity index (χ1) is 23.7. The van der Waals surface area contributed by atoms with Crippen LogP contribution in [0.25, 0.3) is 11.1 Å². The smallest absolute Gasteiger partial charge is 0.118 e. The van der Waals surface area contributed by atoms with Crippen LogP contribution in [-0.2, 0) is 0 Å². The van der Waals surface area contributed by atoms with E-state index in [1.165, 1.54) is 0 Å². The van der Waals surface area contributed by atoms with Gasteiger partial charge in [-0.2, -0.15) is 0 Å². The van der Waals surface area contributed by atoms with Gasteiger partial charge in [0.05, 0.1) is 0 Å². The van der Waals surface area contributed by atoms with Crippen LogP contribution < -0.4 is 0 Å². The maximum absolute atomic E-state index is 10.4. The van der Waals surface area contributed by atoms with Gasteiger partial charge < -0.3 is 20.4 Å². The van der Waals surface area contributed by atoms with Crippen LogP contribution in [0.15, 0.2) is 97.1 Å². The molecule has 0 radical (unpaired) electrons. The number of aryl methyl sites for hydroxylation is 8. The van der Waals surface area contributed by atoms with Crippen LogP contribution >= 0.6 is 0 Å². The van der Waals surface area contributed by atoms with E-state index < -0.39 is 0 Å². The van der Waals surface area contributed by atoms with Crippen molar-refractivity contribution in [2.45, 2.75) is 67.2 Å². The predicted molar refractivity (Wildman–Crippen MR) is 204 cm³/mol. The summed E-state index contributed by atoms with van der Waals surface area (Å²) in [6.45, 7) is 15.9. The van der Waals surface area contributed by atoms with E-state index >= 15 is 0 Å². The van der Waals surface area contributed by atoms with E-state index in [0.29, 0.717) is 0 Å². The number of rotatable bonds is 7. The van der Waals surface area contributed by atoms with Crippen LogP contribution in [0.5, 0.6) is 23.0 Å². The minimum Gasteiger partial charge on any atom is -0.508 e. The lowest BCUT2D eigenvalue weighted by atomic mass is 9.79. The molecule has 0 heterocycles. The molecule has 4 nitrogen and oxygen atoms in total. The van der Waals surface area contributed by atoms with Gasteiger partial charge >= 0.3 is 0 Å². The highest BCUT2D eigenvalue weighted by molar-refractivity contribution is 5.66. The van der Waals surface area contributed by atoms with Gasteiger partial charge in [0.2, 0.25) is 0 Å². The topological polar surface area (TPSA) is 80.9 Å². The molecule has 0 spiro atoms. The monoisotopic (exact) mass is 662 g/mol. The van der Waals surface area contributed by atoms with Crippen LogP contribution in [0.1, 0.15) is 89.7 Å². The van der Waals surface area contributed by atoms with Gasteiger partial charge in [-0.25, -0.2) is 0 Å². The zero-order chi connectivity index (χ0) is 36.0. The summed E-state index contributed by atoms with van der Waals surface area (Å²) in [7, 11) is 0. The first-order valence-corrected chi connectivity index (χ1v) is 17.1. The zero-order valence-electron chi connectivity index (χ0n) is 30.2. The third kappa shape index (κ3) is 6.46. The highest BCUT2D eigenvalue weighted by atomic mass is 16.3. The molecule has 0 saturated heterocycles. The van der Waals surface area contributed by atoms with Crippen LogP contribution in [0.3, 0.4) is 0 Å². The quantitative estimate of drug-likeness (QED) is 0.128. The average molecular weight is 663 g/mol. The molecule has 0 aliphatic heterocycles. The molecule has 0 fully saturated rings. The molecular formula is C46H46O4. The fourth-order valence-corrected chi connectivity index (χ4v) is 7.33. The number of aromatic hydroxyl groups is 4. The molecule has 0 amide bonds. The summed E-state index contributed by atoms with van der Waals surface area (Å²) in [5, 5.41) is 41.8. The maximum atomic E-state index is 10.4. The van der Waals surface area contributed by atoms with Crippen molar-refractivity contribution in [3.05, 3.63) is 175 Å². The van der Waals surface area contributed by atoms with Gasteiger partial charge in [-0.05, 0) is 169 Å². The van der Waals surface area contributed by atoms with E-state index in [2.05, 4.69) is 72.8 Å². The van der Waals surface area contributed by atoms with E-state index in [1.54, 1.807) is 0 Å². The molecule has 0 atom stereocenters. The Morgan fingerprint density at radius 1 is 0.300 bits per heavy atom. The normalized spacial score (nSPS) is 11.5. The van der Waals surface area contributed by atoms with Gasteiger partial charge in [-0.3, -0.25) is 0 Å². The van der Waals surface area contributed by atoms with Crippen LogP contribution in [0, 0.1) is 55.4 Å². The lowest BCUT2D eigenvalue weighted by Gasteiger charge is -2.25. The molecular weight excluding hydrogens is 617 g/mol. The molecule has 4 heteroatoms. The minimum absolute atomic E-state index is 0.0835. The summed E-state index contributed by atoms with van der Waals surface area (Å²) in [6.07, 6.45) is 0. The first-order valence-electron chi connectivity index (χ1n) is 17.1. The van der Waals surface area contributed by atoms with Crippen molar-refractivity contribution in [2.24, 2.45) is 0 Å². The molecule has 0 aliphatic rings. The highest BCUT2D eigenvalue weighted by Gasteiger charge is 2.25. The molecule has 50 heavy (non-hydrogen) atoms. The molecule has 0 bridgehead atoms. The third-order valence-corrected chi connectivity index (χ3v) is 10.4. The van der Waals surface area contributed by atoms with Crippen molar-refractivity contribution in [3.63, 3.8) is 0 Å². The fourth-order valence-electron chi connectivity index (χ4n) is 7.33. The van der Waals surface area contributed by atoms with E-state index in [9.17, 15) is 20.4 Å². The largest absolute Gasteiger partial charge is 0.508 e. The minimum atomic E-state index is -0.0835. The Morgan fingerprint density at radius 2 is 0.520 bits per heavy atom. The Hall–Kier alpha value is -5.48. The molecule has 6 aromatic carbocycles. The first kappa shape index (κ1) is 34.4. The number of benzene rings is 6. The summed E-state index contributed by atoms with van der Waals surface area (Å²) in [6, 6.07) is 33.1. The summed E-state index contributed by atoms with van der Waals surface area (Å²) in [4.78, 5) is 0. The summed E-state index contributed by atoms with van der Waals surface area (Å²) in [5.41, 5.74) is 16.3. The lowest BCUT2D eigenvalue weighted by molar-refractivity contribution is 0.469. The number of hydrogen-bond acceptors (Lipinski definition) is 4. The van der Waals surface area contributed by atoms with Gasteiger partial charge in [0, 0.05) is 11.8 Å². The Bertz CT molecular complexity index is 1950. The fraction of sp³-hybridized carbons (Fsp3) is 0.217. The third-order valence-electron chi connectivity index (χ3n) is 10.4. The zero-order valence-corrected chi connectivity index (χ0v) is 30.2. The molecule has 6 rings (SSSR count). The van der Waals surface area contributed by atoms with E-state index in [-0.39, 0.29) is 34.8 Å². The summed E-state index contributed by atoms with van der Waals surface area (Å²) < 4.78 is 0. The number of phenolic OH excluding ortho intramolecular Hbond substituents is 4. The van der Waals surface area contributed by atoms with Crippen LogP contribution in [-0.4, -0.2) is 20.4 Å². The second-order valence-corrected chi connectivity index (χ2v) is 14.1. The highest BCUT2D eigenvalue weighted by Crippen LogP contribution is 2.42. The summed E-state index contributed by atoms with van der Waals surface area (Å²) >= 11 is 0. The Balaban J connectivity index is 1.41. The number of hydrogen-bond donors (Lipinski definition) is 4. The van der Waals surface area contributed by atoms with Gasteiger partial charge in [0.25, 0.3) is 0 Å². The molecule has 0 aliphatic carbocycles. The lowest BCUT2D eigenvalue weighted by Crippen LogP contribution is -2.08. The molecule has 6 aromatic rings. The molecule has 254 valence electrons. The van der Waals surface area contributed by atoms with Crippen LogP contribution in [0.2, 0.25) is 0 Å². The van der Waals surface area contributed by atoms with Crippen molar-refractivity contribution < 1.29 is 20.4 Å². The second-order valence-electron chi connectivity index (χ2n) is 14.1. The molecule has 0 unspecified atom stereocenters. The van der Waals surface area contributed by atoms with Crippen LogP contribution in [0.4, 0.5) is 0 Å². The Morgan fingerprint density at radius 3 is 0.740 bits per heavy atom. The Labute approximate surface area is 296 Å². The van der Waals surface area contributed by atoms with E-state index in [0.717, 1.165) is 89.0 Å². The SMILES string of the molecule is Cc1cc(C(c2ccc(-c3ccc(C(c4cc(C)c(O)cc4C)c4cc(C)c(O)cc4C)cc3)cc2)c2cc(C)c(O)cc2C)c(C)cc1O. The van der Waals surface area contributed by atoms with Gasteiger partial charge in [-0.15, -0.1) is 0 Å². The van der Waals surface area contributed by atoms with Crippen molar-refractivity contribution in [2.75, 3.05) is 0 Å². The maximum Gasteiger partial charge on any atom is 0.118 e. The van der Waals surface area contributed by atoms with E-state index in [4.69, 9.17) is 0 Å².